The van der Waals surface area contributed by atoms with E-state index in [1.165, 1.54) is 10.5 Å². The van der Waals surface area contributed by atoms with Crippen molar-refractivity contribution in [2.75, 3.05) is 31.6 Å². The van der Waals surface area contributed by atoms with E-state index >= 15 is 0 Å². The second-order valence-electron chi connectivity index (χ2n) is 7.91. The van der Waals surface area contributed by atoms with Gasteiger partial charge in [-0.15, -0.1) is 0 Å². The first kappa shape index (κ1) is 22.2. The number of nitrogens with zero attached hydrogens (tertiary/aromatic N) is 3. The predicted molar refractivity (Wildman–Crippen MR) is 124 cm³/mol. The molecule has 2 aromatic heterocycles. The topological polar surface area (TPSA) is 93.0 Å². The lowest BCUT2D eigenvalue weighted by atomic mass is 10.1. The second-order valence-corrected chi connectivity index (χ2v) is 8.89. The highest BCUT2D eigenvalue weighted by Gasteiger charge is 2.30. The number of anilines is 1. The summed E-state index contributed by atoms with van der Waals surface area (Å²) in [5, 5.41) is 2.92. The van der Waals surface area contributed by atoms with Crippen LogP contribution in [-0.2, 0) is 11.2 Å². The van der Waals surface area contributed by atoms with Crippen LogP contribution in [0.15, 0.2) is 29.1 Å². The number of nitrogens with one attached hydrogen (secondary N) is 1. The molecule has 4 rings (SSSR count). The maximum absolute atomic E-state index is 13.4. The molecule has 0 aliphatic carbocycles. The summed E-state index contributed by atoms with van der Waals surface area (Å²) in [6.07, 6.45) is 1.49. The highest BCUT2D eigenvalue weighted by Crippen LogP contribution is 2.26. The third-order valence-corrected chi connectivity index (χ3v) is 6.47. The minimum absolute atomic E-state index is 0.0651. The first-order valence-corrected chi connectivity index (χ1v) is 11.5. The molecular formula is C23H26N4O4S. The van der Waals surface area contributed by atoms with Crippen molar-refractivity contribution in [1.82, 2.24) is 14.3 Å². The van der Waals surface area contributed by atoms with Gasteiger partial charge in [0.2, 0.25) is 0 Å². The van der Waals surface area contributed by atoms with Crippen LogP contribution in [0.4, 0.5) is 5.69 Å². The van der Waals surface area contributed by atoms with Crippen molar-refractivity contribution in [3.8, 4) is 0 Å². The van der Waals surface area contributed by atoms with Gasteiger partial charge in [0.25, 0.3) is 17.4 Å². The Morgan fingerprint density at radius 1 is 1.19 bits per heavy atom. The van der Waals surface area contributed by atoms with Gasteiger partial charge in [0.05, 0.1) is 13.2 Å². The van der Waals surface area contributed by atoms with Crippen molar-refractivity contribution in [1.29, 1.82) is 0 Å². The van der Waals surface area contributed by atoms with E-state index in [9.17, 15) is 14.4 Å². The fourth-order valence-corrected chi connectivity index (χ4v) is 4.76. The molecule has 8 nitrogen and oxygen atoms in total. The minimum Gasteiger partial charge on any atom is -0.378 e. The Hall–Kier alpha value is -3.04. The number of carbonyl (C=O) groups excluding carboxylic acids is 2. The number of carbonyl (C=O) groups is 2. The third kappa shape index (κ3) is 4.31. The summed E-state index contributed by atoms with van der Waals surface area (Å²) in [5.74, 6) is -0.792. The molecule has 0 saturated carbocycles. The largest absolute Gasteiger partial charge is 0.378 e. The van der Waals surface area contributed by atoms with E-state index in [0.717, 1.165) is 28.9 Å². The zero-order chi connectivity index (χ0) is 22.8. The van der Waals surface area contributed by atoms with Gasteiger partial charge in [-0.1, -0.05) is 36.8 Å². The highest BCUT2D eigenvalue weighted by atomic mass is 32.1. The van der Waals surface area contributed by atoms with Crippen molar-refractivity contribution in [3.05, 3.63) is 62.0 Å². The average Bonchev–Trinajstić information content (AvgIpc) is 3.17. The van der Waals surface area contributed by atoms with E-state index in [1.807, 2.05) is 39.0 Å². The van der Waals surface area contributed by atoms with Crippen LogP contribution in [0.2, 0.25) is 0 Å². The van der Waals surface area contributed by atoms with E-state index in [0.29, 0.717) is 49.1 Å². The third-order valence-electron chi connectivity index (χ3n) is 5.43. The molecule has 0 unspecified atom stereocenters. The van der Waals surface area contributed by atoms with Crippen molar-refractivity contribution in [2.24, 2.45) is 0 Å². The summed E-state index contributed by atoms with van der Waals surface area (Å²) in [5.41, 5.74) is 2.96. The number of hydrogen-bond acceptors (Lipinski definition) is 6. The molecule has 3 heterocycles. The number of morpholine rings is 1. The quantitative estimate of drug-likeness (QED) is 0.640. The monoisotopic (exact) mass is 454 g/mol. The van der Waals surface area contributed by atoms with Gasteiger partial charge < -0.3 is 15.0 Å². The number of aromatic nitrogens is 2. The van der Waals surface area contributed by atoms with Gasteiger partial charge in [0.15, 0.2) is 4.96 Å². The number of hydrogen-bond donors (Lipinski definition) is 1. The second kappa shape index (κ2) is 9.22. The van der Waals surface area contributed by atoms with Crippen LogP contribution in [0.1, 0.15) is 50.3 Å². The summed E-state index contributed by atoms with van der Waals surface area (Å²) >= 11 is 1.07. The molecule has 168 valence electrons. The normalized spacial score (nSPS) is 14.0. The average molecular weight is 455 g/mol. The Morgan fingerprint density at radius 2 is 1.94 bits per heavy atom. The molecule has 0 atom stereocenters. The fraction of sp³-hybridized carbons (Fsp3) is 0.391. The summed E-state index contributed by atoms with van der Waals surface area (Å²) < 4.78 is 6.63. The molecule has 3 aromatic rings. The Bertz CT molecular complexity index is 1240. The van der Waals surface area contributed by atoms with Crippen molar-refractivity contribution in [2.45, 2.75) is 33.6 Å². The zero-order valence-electron chi connectivity index (χ0n) is 18.4. The van der Waals surface area contributed by atoms with Crippen LogP contribution in [-0.4, -0.2) is 52.4 Å². The van der Waals surface area contributed by atoms with Crippen LogP contribution < -0.4 is 10.9 Å². The molecule has 1 N–H and O–H groups in total. The molecule has 0 bridgehead atoms. The van der Waals surface area contributed by atoms with E-state index in [-0.39, 0.29) is 22.0 Å². The highest BCUT2D eigenvalue weighted by molar-refractivity contribution is 7.19. The van der Waals surface area contributed by atoms with E-state index in [1.54, 1.807) is 4.90 Å². The van der Waals surface area contributed by atoms with Crippen LogP contribution >= 0.6 is 11.3 Å². The molecule has 9 heteroatoms. The van der Waals surface area contributed by atoms with Crippen LogP contribution in [0.3, 0.4) is 0 Å². The predicted octanol–water partition coefficient (Wildman–Crippen LogP) is 3.05. The number of fused-ring (bicyclic) bond motifs is 1. The minimum atomic E-state index is -0.428. The maximum Gasteiger partial charge on any atom is 0.272 e. The zero-order valence-corrected chi connectivity index (χ0v) is 19.3. The summed E-state index contributed by atoms with van der Waals surface area (Å²) in [6, 6.07) is 7.23. The van der Waals surface area contributed by atoms with Crippen molar-refractivity contribution < 1.29 is 14.3 Å². The van der Waals surface area contributed by atoms with Gasteiger partial charge >= 0.3 is 0 Å². The molecule has 1 aromatic carbocycles. The number of benzene rings is 1. The van der Waals surface area contributed by atoms with E-state index in [2.05, 4.69) is 10.3 Å². The standard InChI is InChI=1S/C23H26N4O4S/c1-4-5-16-13-18(28)27-19(22(30)26-8-10-31-11-9-26)20(32-23(27)24-16)21(29)25-17-12-14(2)6-7-15(17)3/h6-7,12-13H,4-5,8-11H2,1-3H3,(H,25,29). The van der Waals surface area contributed by atoms with Gasteiger partial charge in [-0.25, -0.2) is 9.38 Å². The van der Waals surface area contributed by atoms with Gasteiger partial charge in [-0.05, 0) is 37.5 Å². The number of thiazole rings is 1. The first-order chi connectivity index (χ1) is 15.4. The van der Waals surface area contributed by atoms with Gasteiger partial charge in [-0.2, -0.15) is 0 Å². The van der Waals surface area contributed by atoms with Crippen molar-refractivity contribution >= 4 is 33.8 Å². The van der Waals surface area contributed by atoms with Gasteiger partial charge in [0.1, 0.15) is 10.6 Å². The fourth-order valence-electron chi connectivity index (χ4n) is 3.72. The number of rotatable bonds is 5. The van der Waals surface area contributed by atoms with E-state index < -0.39 is 5.91 Å². The van der Waals surface area contributed by atoms with Crippen LogP contribution in [0, 0.1) is 13.8 Å². The molecule has 0 spiro atoms. The molecule has 0 radical (unpaired) electrons. The van der Waals surface area contributed by atoms with Crippen molar-refractivity contribution in [3.63, 3.8) is 0 Å². The van der Waals surface area contributed by atoms with Gasteiger partial charge in [0, 0.05) is 30.5 Å². The van der Waals surface area contributed by atoms with E-state index in [4.69, 9.17) is 4.74 Å². The summed E-state index contributed by atoms with van der Waals surface area (Å²) in [7, 11) is 0. The summed E-state index contributed by atoms with van der Waals surface area (Å²) in [4.78, 5) is 46.5. The molecule has 1 fully saturated rings. The number of amides is 2. The Labute approximate surface area is 189 Å². The lowest BCUT2D eigenvalue weighted by molar-refractivity contribution is 0.0297. The van der Waals surface area contributed by atoms with Gasteiger partial charge in [-0.3, -0.25) is 14.4 Å². The Kier molecular flexibility index (Phi) is 6.38. The summed E-state index contributed by atoms with van der Waals surface area (Å²) in [6.45, 7) is 7.52. The maximum atomic E-state index is 13.4. The number of aryl methyl sites for hydroxylation is 3. The SMILES string of the molecule is CCCc1cc(=O)n2c(C(=O)N3CCOCC3)c(C(=O)Nc3cc(C)ccc3C)sc2n1. The molecule has 1 aliphatic rings. The molecule has 32 heavy (non-hydrogen) atoms. The first-order valence-electron chi connectivity index (χ1n) is 10.7. The molecular weight excluding hydrogens is 428 g/mol. The molecule has 1 aliphatic heterocycles. The number of ether oxygens (including phenoxy) is 1. The lowest BCUT2D eigenvalue weighted by Crippen LogP contribution is -2.42. The Morgan fingerprint density at radius 3 is 2.66 bits per heavy atom. The molecule has 1 saturated heterocycles. The lowest BCUT2D eigenvalue weighted by Gasteiger charge is -2.26. The molecule has 2 amide bonds. The Balaban J connectivity index is 1.83. The van der Waals surface area contributed by atoms with Crippen LogP contribution in [0.5, 0.6) is 0 Å². The smallest absolute Gasteiger partial charge is 0.272 e. The van der Waals surface area contributed by atoms with Crippen LogP contribution in [0.25, 0.3) is 4.96 Å².